The van der Waals surface area contributed by atoms with Crippen LogP contribution in [0.25, 0.3) is 0 Å². The number of nitrogens with one attached hydrogen (secondary N) is 1. The van der Waals surface area contributed by atoms with Crippen molar-refractivity contribution in [3.8, 4) is 0 Å². The summed E-state index contributed by atoms with van der Waals surface area (Å²) in [7, 11) is 1.86. The Kier molecular flexibility index (Phi) is 3.01. The van der Waals surface area contributed by atoms with E-state index < -0.39 is 0 Å². The van der Waals surface area contributed by atoms with E-state index in [1.165, 1.54) is 5.57 Å². The van der Waals surface area contributed by atoms with E-state index in [4.69, 9.17) is 0 Å². The molecule has 0 amide bonds. The fourth-order valence-corrected chi connectivity index (χ4v) is 0.421. The van der Waals surface area contributed by atoms with Gasteiger partial charge < -0.3 is 5.32 Å². The zero-order chi connectivity index (χ0) is 6.57. The Bertz CT molecular complexity index is 108. The van der Waals surface area contributed by atoms with E-state index in [0.717, 1.165) is 5.70 Å². The molecular formula is C7H13N. The van der Waals surface area contributed by atoms with Crippen molar-refractivity contribution in [3.63, 3.8) is 0 Å². The van der Waals surface area contributed by atoms with Crippen LogP contribution in [-0.4, -0.2) is 7.05 Å². The lowest BCUT2D eigenvalue weighted by molar-refractivity contribution is 1.03. The highest BCUT2D eigenvalue weighted by Gasteiger charge is 1.78. The smallest absolute Gasteiger partial charge is 0.0263 e. The maximum absolute atomic E-state index is 3.73. The molecule has 0 radical (unpaired) electrons. The number of likely N-dealkylation sites (N-methyl/N-ethyl adjacent to an activating group) is 1. The first kappa shape index (κ1) is 7.28. The number of allylic oxidation sites excluding steroid dienone is 2. The third-order valence-electron chi connectivity index (χ3n) is 0.784. The molecule has 0 saturated heterocycles. The second-order valence-corrected chi connectivity index (χ2v) is 2.00. The number of hydrogen-bond acceptors (Lipinski definition) is 1. The molecule has 0 aliphatic carbocycles. The Morgan fingerprint density at radius 3 is 2.12 bits per heavy atom. The average molecular weight is 111 g/mol. The lowest BCUT2D eigenvalue weighted by atomic mass is 10.3. The quantitative estimate of drug-likeness (QED) is 0.535. The molecule has 1 N–H and O–H groups in total. The van der Waals surface area contributed by atoms with Gasteiger partial charge in [0.25, 0.3) is 0 Å². The minimum Gasteiger partial charge on any atom is -0.389 e. The molecule has 0 saturated carbocycles. The summed E-state index contributed by atoms with van der Waals surface area (Å²) >= 11 is 0. The van der Waals surface area contributed by atoms with Crippen LogP contribution in [0.3, 0.4) is 0 Å². The molecule has 0 aliphatic heterocycles. The first-order chi connectivity index (χ1) is 3.66. The van der Waals surface area contributed by atoms with Crippen LogP contribution >= 0.6 is 0 Å². The first-order valence-electron chi connectivity index (χ1n) is 2.68. The Labute approximate surface area is 51.1 Å². The maximum Gasteiger partial charge on any atom is 0.0263 e. The van der Waals surface area contributed by atoms with E-state index in [1.54, 1.807) is 0 Å². The van der Waals surface area contributed by atoms with Crippen molar-refractivity contribution >= 4 is 0 Å². The largest absolute Gasteiger partial charge is 0.389 e. The highest BCUT2D eigenvalue weighted by atomic mass is 14.8. The Balaban J connectivity index is 3.70. The highest BCUT2D eigenvalue weighted by Crippen LogP contribution is 1.92. The summed E-state index contributed by atoms with van der Waals surface area (Å²) in [5, 5.41) is 2.93. The van der Waals surface area contributed by atoms with Crippen molar-refractivity contribution in [2.75, 3.05) is 7.05 Å². The molecule has 8 heavy (non-hydrogen) atoms. The summed E-state index contributed by atoms with van der Waals surface area (Å²) in [4.78, 5) is 0. The molecule has 46 valence electrons. The summed E-state index contributed by atoms with van der Waals surface area (Å²) in [5.41, 5.74) is 2.23. The summed E-state index contributed by atoms with van der Waals surface area (Å²) in [6.45, 7) is 7.81. The third kappa shape index (κ3) is 3.47. The SMILES string of the molecule is C=C(C=C(C)C)NC. The van der Waals surface area contributed by atoms with Gasteiger partial charge in [0.15, 0.2) is 0 Å². The van der Waals surface area contributed by atoms with Gasteiger partial charge in [0.05, 0.1) is 0 Å². The van der Waals surface area contributed by atoms with Crippen LogP contribution in [0.5, 0.6) is 0 Å². The van der Waals surface area contributed by atoms with Crippen molar-refractivity contribution in [2.45, 2.75) is 13.8 Å². The van der Waals surface area contributed by atoms with Crippen molar-refractivity contribution in [2.24, 2.45) is 0 Å². The van der Waals surface area contributed by atoms with E-state index in [1.807, 2.05) is 27.0 Å². The number of hydrogen-bond donors (Lipinski definition) is 1. The van der Waals surface area contributed by atoms with E-state index in [9.17, 15) is 0 Å². The standard InChI is InChI=1S/C7H13N/c1-6(2)5-7(3)8-4/h5,8H,3H2,1-2,4H3. The summed E-state index contributed by atoms with van der Waals surface area (Å²) in [6, 6.07) is 0. The number of rotatable bonds is 2. The van der Waals surface area contributed by atoms with E-state index in [-0.39, 0.29) is 0 Å². The summed E-state index contributed by atoms with van der Waals surface area (Å²) < 4.78 is 0. The molecule has 0 unspecified atom stereocenters. The van der Waals surface area contributed by atoms with Crippen LogP contribution in [0.15, 0.2) is 23.9 Å². The van der Waals surface area contributed by atoms with Gasteiger partial charge >= 0.3 is 0 Å². The molecule has 0 fully saturated rings. The van der Waals surface area contributed by atoms with Crippen LogP contribution in [0.4, 0.5) is 0 Å². The van der Waals surface area contributed by atoms with Gasteiger partial charge in [-0.1, -0.05) is 12.2 Å². The van der Waals surface area contributed by atoms with Crippen LogP contribution in [-0.2, 0) is 0 Å². The first-order valence-corrected chi connectivity index (χ1v) is 2.68. The van der Waals surface area contributed by atoms with Gasteiger partial charge in [-0.3, -0.25) is 0 Å². The topological polar surface area (TPSA) is 12.0 Å². The zero-order valence-corrected chi connectivity index (χ0v) is 5.78. The molecule has 1 nitrogen and oxygen atoms in total. The lowest BCUT2D eigenvalue weighted by Crippen LogP contribution is -2.00. The van der Waals surface area contributed by atoms with E-state index >= 15 is 0 Å². The third-order valence-corrected chi connectivity index (χ3v) is 0.784. The van der Waals surface area contributed by atoms with Gasteiger partial charge in [0.1, 0.15) is 0 Å². The van der Waals surface area contributed by atoms with Crippen LogP contribution < -0.4 is 5.32 Å². The summed E-state index contributed by atoms with van der Waals surface area (Å²) in [6.07, 6.45) is 2.00. The summed E-state index contributed by atoms with van der Waals surface area (Å²) in [5.74, 6) is 0. The lowest BCUT2D eigenvalue weighted by Gasteiger charge is -1.95. The molecular weight excluding hydrogens is 98.1 g/mol. The van der Waals surface area contributed by atoms with Gasteiger partial charge in [0.2, 0.25) is 0 Å². The van der Waals surface area contributed by atoms with Crippen molar-refractivity contribution in [1.29, 1.82) is 0 Å². The van der Waals surface area contributed by atoms with Crippen molar-refractivity contribution in [1.82, 2.24) is 5.32 Å². The van der Waals surface area contributed by atoms with Gasteiger partial charge in [-0.15, -0.1) is 0 Å². The zero-order valence-electron chi connectivity index (χ0n) is 5.78. The van der Waals surface area contributed by atoms with Crippen LogP contribution in [0.1, 0.15) is 13.8 Å². The Hall–Kier alpha value is -0.720. The van der Waals surface area contributed by atoms with Crippen molar-refractivity contribution in [3.05, 3.63) is 23.9 Å². The van der Waals surface area contributed by atoms with Gasteiger partial charge in [-0.05, 0) is 19.9 Å². The molecule has 0 aromatic carbocycles. The molecule has 0 aliphatic rings. The second-order valence-electron chi connectivity index (χ2n) is 2.00. The normalized spacial score (nSPS) is 7.88. The fourth-order valence-electron chi connectivity index (χ4n) is 0.421. The van der Waals surface area contributed by atoms with Crippen molar-refractivity contribution < 1.29 is 0 Å². The monoisotopic (exact) mass is 111 g/mol. The molecule has 1 heteroatoms. The molecule has 0 bridgehead atoms. The van der Waals surface area contributed by atoms with Crippen LogP contribution in [0.2, 0.25) is 0 Å². The Morgan fingerprint density at radius 2 is 2.00 bits per heavy atom. The molecule has 0 heterocycles. The predicted octanol–water partition coefficient (Wildman–Crippen LogP) is 1.69. The molecule has 0 aromatic heterocycles. The highest BCUT2D eigenvalue weighted by molar-refractivity contribution is 5.15. The van der Waals surface area contributed by atoms with Gasteiger partial charge in [-0.25, -0.2) is 0 Å². The van der Waals surface area contributed by atoms with Crippen LogP contribution in [0, 0.1) is 0 Å². The predicted molar refractivity (Wildman–Crippen MR) is 37.6 cm³/mol. The van der Waals surface area contributed by atoms with E-state index in [2.05, 4.69) is 11.9 Å². The molecule has 0 spiro atoms. The maximum atomic E-state index is 3.73. The molecule has 0 rings (SSSR count). The Morgan fingerprint density at radius 1 is 1.50 bits per heavy atom. The van der Waals surface area contributed by atoms with Gasteiger partial charge in [-0.2, -0.15) is 0 Å². The minimum atomic E-state index is 0.963. The second kappa shape index (κ2) is 3.30. The minimum absolute atomic E-state index is 0.963. The molecule has 0 atom stereocenters. The van der Waals surface area contributed by atoms with Gasteiger partial charge in [0, 0.05) is 12.7 Å². The van der Waals surface area contributed by atoms with E-state index in [0.29, 0.717) is 0 Å². The fraction of sp³-hybridized carbons (Fsp3) is 0.429. The molecule has 0 aromatic rings. The average Bonchev–Trinajstić information content (AvgIpc) is 1.65.